The van der Waals surface area contributed by atoms with E-state index in [0.717, 1.165) is 0 Å². The molecule has 0 bridgehead atoms. The molecule has 1 aromatic carbocycles. The molecule has 2 N–H and O–H groups in total. The van der Waals surface area contributed by atoms with Crippen LogP contribution in [0.15, 0.2) is 24.4 Å². The number of phenols is 1. The Hall–Kier alpha value is -2.50. The molecular formula is C13H15N3O3. The lowest BCUT2D eigenvalue weighted by atomic mass is 10.2. The van der Waals surface area contributed by atoms with E-state index in [9.17, 15) is 9.90 Å². The summed E-state index contributed by atoms with van der Waals surface area (Å²) in [5.74, 6) is 0.0807. The molecule has 2 rings (SSSR count). The summed E-state index contributed by atoms with van der Waals surface area (Å²) in [6.45, 7) is 1.77. The third-order valence-corrected chi connectivity index (χ3v) is 2.70. The average Bonchev–Trinajstić information content (AvgIpc) is 2.71. The van der Waals surface area contributed by atoms with Gasteiger partial charge in [0.25, 0.3) is 5.91 Å². The number of methoxy groups -OCH3 is 1. The van der Waals surface area contributed by atoms with Crippen LogP contribution in [-0.2, 0) is 7.05 Å². The number of aromatic nitrogens is 2. The molecule has 19 heavy (non-hydrogen) atoms. The second-order valence-corrected chi connectivity index (χ2v) is 4.14. The normalized spacial score (nSPS) is 10.3. The highest BCUT2D eigenvalue weighted by molar-refractivity contribution is 6.05. The Morgan fingerprint density at radius 3 is 2.79 bits per heavy atom. The number of phenolic OH excluding ortho intramolecular Hbond substituents is 1. The molecule has 0 atom stereocenters. The number of amides is 1. The van der Waals surface area contributed by atoms with Crippen LogP contribution < -0.4 is 10.1 Å². The first-order valence-corrected chi connectivity index (χ1v) is 5.70. The molecule has 0 aliphatic heterocycles. The summed E-state index contributed by atoms with van der Waals surface area (Å²) in [6, 6.07) is 4.62. The molecule has 0 unspecified atom stereocenters. The van der Waals surface area contributed by atoms with Crippen LogP contribution >= 0.6 is 0 Å². The lowest BCUT2D eigenvalue weighted by Gasteiger charge is -2.07. The molecule has 0 fully saturated rings. The fraction of sp³-hybridized carbons (Fsp3) is 0.231. The molecule has 0 aliphatic carbocycles. The zero-order valence-electron chi connectivity index (χ0n) is 11.0. The number of nitrogens with one attached hydrogen (secondary N) is 1. The van der Waals surface area contributed by atoms with Crippen molar-refractivity contribution >= 4 is 11.6 Å². The van der Waals surface area contributed by atoms with Gasteiger partial charge in [0.15, 0.2) is 11.5 Å². The number of ether oxygens (including phenoxy) is 1. The number of anilines is 1. The van der Waals surface area contributed by atoms with Crippen molar-refractivity contribution in [2.45, 2.75) is 6.92 Å². The van der Waals surface area contributed by atoms with Crippen LogP contribution in [0, 0.1) is 6.92 Å². The van der Waals surface area contributed by atoms with E-state index in [4.69, 9.17) is 4.74 Å². The van der Waals surface area contributed by atoms with Crippen molar-refractivity contribution in [2.75, 3.05) is 12.4 Å². The van der Waals surface area contributed by atoms with Gasteiger partial charge in [-0.05, 0) is 19.1 Å². The standard InChI is InChI=1S/C13H15N3O3/c1-8-10(7-16(2)15-8)13(18)14-9-4-5-11(17)12(6-9)19-3/h4-7,17H,1-3H3,(H,14,18). The topological polar surface area (TPSA) is 76.4 Å². The van der Waals surface area contributed by atoms with E-state index in [1.807, 2.05) is 0 Å². The van der Waals surface area contributed by atoms with Crippen molar-refractivity contribution in [1.29, 1.82) is 0 Å². The van der Waals surface area contributed by atoms with Crippen LogP contribution in [0.25, 0.3) is 0 Å². The van der Waals surface area contributed by atoms with Crippen LogP contribution in [0.2, 0.25) is 0 Å². The van der Waals surface area contributed by atoms with Gasteiger partial charge in [-0.25, -0.2) is 0 Å². The highest BCUT2D eigenvalue weighted by atomic mass is 16.5. The molecule has 0 radical (unpaired) electrons. The maximum absolute atomic E-state index is 12.1. The quantitative estimate of drug-likeness (QED) is 0.824. The van der Waals surface area contributed by atoms with Crippen molar-refractivity contribution in [3.8, 4) is 11.5 Å². The largest absolute Gasteiger partial charge is 0.504 e. The molecule has 0 saturated carbocycles. The average molecular weight is 261 g/mol. The first kappa shape index (κ1) is 12.9. The SMILES string of the molecule is COc1cc(NC(=O)c2cn(C)nc2C)ccc1O. The van der Waals surface area contributed by atoms with Gasteiger partial charge < -0.3 is 15.2 Å². The Balaban J connectivity index is 2.21. The Morgan fingerprint density at radius 2 is 2.21 bits per heavy atom. The summed E-state index contributed by atoms with van der Waals surface area (Å²) in [4.78, 5) is 12.1. The van der Waals surface area contributed by atoms with Crippen molar-refractivity contribution in [2.24, 2.45) is 7.05 Å². The number of carbonyl (C=O) groups is 1. The number of hydrogen-bond acceptors (Lipinski definition) is 4. The minimum absolute atomic E-state index is 0.0260. The summed E-state index contributed by atoms with van der Waals surface area (Å²) in [5, 5.41) is 16.3. The van der Waals surface area contributed by atoms with Gasteiger partial charge in [-0.2, -0.15) is 5.10 Å². The van der Waals surface area contributed by atoms with Gasteiger partial charge in [0.1, 0.15) is 0 Å². The van der Waals surface area contributed by atoms with E-state index in [2.05, 4.69) is 10.4 Å². The third kappa shape index (κ3) is 2.67. The van der Waals surface area contributed by atoms with E-state index in [1.54, 1.807) is 37.0 Å². The van der Waals surface area contributed by atoms with Crippen LogP contribution in [0.1, 0.15) is 16.1 Å². The van der Waals surface area contributed by atoms with Crippen LogP contribution in [0.4, 0.5) is 5.69 Å². The van der Waals surface area contributed by atoms with Crippen LogP contribution in [-0.4, -0.2) is 27.9 Å². The van der Waals surface area contributed by atoms with E-state index in [1.165, 1.54) is 13.2 Å². The van der Waals surface area contributed by atoms with E-state index < -0.39 is 0 Å². The zero-order valence-corrected chi connectivity index (χ0v) is 11.0. The highest BCUT2D eigenvalue weighted by Crippen LogP contribution is 2.28. The maximum atomic E-state index is 12.1. The fourth-order valence-electron chi connectivity index (χ4n) is 1.78. The van der Waals surface area contributed by atoms with Crippen LogP contribution in [0.3, 0.4) is 0 Å². The van der Waals surface area contributed by atoms with Gasteiger partial charge in [0.05, 0.1) is 18.4 Å². The number of benzene rings is 1. The molecule has 1 amide bonds. The monoisotopic (exact) mass is 261 g/mol. The third-order valence-electron chi connectivity index (χ3n) is 2.70. The van der Waals surface area contributed by atoms with E-state index >= 15 is 0 Å². The summed E-state index contributed by atoms with van der Waals surface area (Å²) < 4.78 is 6.57. The number of carbonyl (C=O) groups excluding carboxylic acids is 1. The second kappa shape index (κ2) is 5.01. The number of aromatic hydroxyl groups is 1. The second-order valence-electron chi connectivity index (χ2n) is 4.14. The van der Waals surface area contributed by atoms with Crippen molar-refractivity contribution in [3.63, 3.8) is 0 Å². The molecule has 0 spiro atoms. The first-order chi connectivity index (χ1) is 9.01. The minimum Gasteiger partial charge on any atom is -0.504 e. The summed E-state index contributed by atoms with van der Waals surface area (Å²) in [6.07, 6.45) is 1.66. The molecule has 6 nitrogen and oxygen atoms in total. The molecule has 0 aliphatic rings. The van der Waals surface area contributed by atoms with Crippen molar-refractivity contribution < 1.29 is 14.6 Å². The number of nitrogens with zero attached hydrogens (tertiary/aromatic N) is 2. The Kier molecular flexibility index (Phi) is 3.41. The predicted octanol–water partition coefficient (Wildman–Crippen LogP) is 1.70. The summed E-state index contributed by atoms with van der Waals surface area (Å²) in [5.41, 5.74) is 1.71. The Labute approximate surface area is 110 Å². The van der Waals surface area contributed by atoms with Gasteiger partial charge >= 0.3 is 0 Å². The zero-order chi connectivity index (χ0) is 14.0. The molecule has 6 heteroatoms. The fourth-order valence-corrected chi connectivity index (χ4v) is 1.78. The Bertz CT molecular complexity index is 620. The van der Waals surface area contributed by atoms with Crippen molar-refractivity contribution in [3.05, 3.63) is 35.7 Å². The number of hydrogen-bond donors (Lipinski definition) is 2. The predicted molar refractivity (Wildman–Crippen MR) is 70.6 cm³/mol. The van der Waals surface area contributed by atoms with Gasteiger partial charge in [0.2, 0.25) is 0 Å². The summed E-state index contributed by atoms with van der Waals surface area (Å²) >= 11 is 0. The molecule has 100 valence electrons. The highest BCUT2D eigenvalue weighted by Gasteiger charge is 2.13. The molecule has 0 saturated heterocycles. The van der Waals surface area contributed by atoms with Gasteiger partial charge in [-0.3, -0.25) is 9.48 Å². The molecule has 1 aromatic heterocycles. The van der Waals surface area contributed by atoms with Gasteiger partial charge in [-0.1, -0.05) is 0 Å². The van der Waals surface area contributed by atoms with Crippen molar-refractivity contribution in [1.82, 2.24) is 9.78 Å². The number of aryl methyl sites for hydroxylation is 2. The van der Waals surface area contributed by atoms with Gasteiger partial charge in [-0.15, -0.1) is 0 Å². The number of rotatable bonds is 3. The van der Waals surface area contributed by atoms with E-state index in [-0.39, 0.29) is 11.7 Å². The molecule has 2 aromatic rings. The summed E-state index contributed by atoms with van der Waals surface area (Å²) in [7, 11) is 3.21. The van der Waals surface area contributed by atoms with Crippen LogP contribution in [0.5, 0.6) is 11.5 Å². The Morgan fingerprint density at radius 1 is 1.47 bits per heavy atom. The van der Waals surface area contributed by atoms with E-state index in [0.29, 0.717) is 22.7 Å². The first-order valence-electron chi connectivity index (χ1n) is 5.70. The lowest BCUT2D eigenvalue weighted by molar-refractivity contribution is 0.102. The molecular weight excluding hydrogens is 246 g/mol. The van der Waals surface area contributed by atoms with Gasteiger partial charge in [0, 0.05) is 25.0 Å². The molecule has 1 heterocycles. The maximum Gasteiger partial charge on any atom is 0.259 e. The minimum atomic E-state index is -0.252. The smallest absolute Gasteiger partial charge is 0.259 e. The lowest BCUT2D eigenvalue weighted by Crippen LogP contribution is -2.12.